The van der Waals surface area contributed by atoms with E-state index in [2.05, 4.69) is 22.4 Å². The van der Waals surface area contributed by atoms with Gasteiger partial charge in [0.25, 0.3) is 0 Å². The van der Waals surface area contributed by atoms with Crippen molar-refractivity contribution in [2.45, 2.75) is 39.5 Å². The van der Waals surface area contributed by atoms with Gasteiger partial charge in [0.2, 0.25) is 11.8 Å². The maximum absolute atomic E-state index is 11.9. The number of aliphatic hydroxyl groups is 1. The number of carbonyl (C=O) groups excluding carboxylic acids is 1. The topological polar surface area (TPSA) is 91.5 Å². The SMILES string of the molecule is CCCCN(CCO)CC(=O)Nc1nnc(C(C)C)o1. The fourth-order valence-corrected chi connectivity index (χ4v) is 1.67. The van der Waals surface area contributed by atoms with Crippen LogP contribution in [-0.2, 0) is 4.79 Å². The Hall–Kier alpha value is -1.47. The molecule has 0 aliphatic rings. The van der Waals surface area contributed by atoms with E-state index in [4.69, 9.17) is 9.52 Å². The lowest BCUT2D eigenvalue weighted by Gasteiger charge is -2.19. The van der Waals surface area contributed by atoms with Crippen LogP contribution in [0.2, 0.25) is 0 Å². The molecule has 7 heteroatoms. The van der Waals surface area contributed by atoms with Crippen molar-refractivity contribution in [3.63, 3.8) is 0 Å². The molecule has 0 spiro atoms. The Kier molecular flexibility index (Phi) is 7.17. The van der Waals surface area contributed by atoms with Gasteiger partial charge in [-0.3, -0.25) is 15.0 Å². The van der Waals surface area contributed by atoms with Crippen molar-refractivity contribution in [3.8, 4) is 0 Å². The van der Waals surface area contributed by atoms with Gasteiger partial charge in [-0.25, -0.2) is 0 Å². The fraction of sp³-hybridized carbons (Fsp3) is 0.769. The predicted octanol–water partition coefficient (Wildman–Crippen LogP) is 1.23. The van der Waals surface area contributed by atoms with Gasteiger partial charge in [0.05, 0.1) is 13.2 Å². The number of hydrogen-bond donors (Lipinski definition) is 2. The minimum Gasteiger partial charge on any atom is -0.408 e. The van der Waals surface area contributed by atoms with Gasteiger partial charge in [0.1, 0.15) is 0 Å². The molecule has 0 unspecified atom stereocenters. The molecule has 0 saturated heterocycles. The Labute approximate surface area is 119 Å². The third-order valence-corrected chi connectivity index (χ3v) is 2.79. The Morgan fingerprint density at radius 1 is 1.40 bits per heavy atom. The normalized spacial score (nSPS) is 11.3. The molecular weight excluding hydrogens is 260 g/mol. The summed E-state index contributed by atoms with van der Waals surface area (Å²) >= 11 is 0. The Balaban J connectivity index is 2.47. The molecule has 0 saturated carbocycles. The first-order chi connectivity index (χ1) is 9.56. The summed E-state index contributed by atoms with van der Waals surface area (Å²) in [5.74, 6) is 0.413. The second-order valence-electron chi connectivity index (χ2n) is 5.00. The van der Waals surface area contributed by atoms with E-state index in [1.807, 2.05) is 18.7 Å². The van der Waals surface area contributed by atoms with E-state index in [1.165, 1.54) is 0 Å². The van der Waals surface area contributed by atoms with Gasteiger partial charge in [-0.05, 0) is 13.0 Å². The maximum atomic E-state index is 11.9. The first-order valence-corrected chi connectivity index (χ1v) is 7.03. The number of anilines is 1. The quantitative estimate of drug-likeness (QED) is 0.708. The molecule has 2 N–H and O–H groups in total. The molecule has 20 heavy (non-hydrogen) atoms. The number of hydrogen-bond acceptors (Lipinski definition) is 6. The molecule has 0 aliphatic carbocycles. The van der Waals surface area contributed by atoms with E-state index < -0.39 is 0 Å². The first kappa shape index (κ1) is 16.6. The van der Waals surface area contributed by atoms with Crippen LogP contribution < -0.4 is 5.32 Å². The lowest BCUT2D eigenvalue weighted by atomic mass is 10.2. The molecule has 0 aliphatic heterocycles. The second kappa shape index (κ2) is 8.65. The predicted molar refractivity (Wildman–Crippen MR) is 75.5 cm³/mol. The molecule has 114 valence electrons. The van der Waals surface area contributed by atoms with E-state index in [1.54, 1.807) is 0 Å². The van der Waals surface area contributed by atoms with Crippen LogP contribution in [0.5, 0.6) is 0 Å². The van der Waals surface area contributed by atoms with Crippen molar-refractivity contribution in [3.05, 3.63) is 5.89 Å². The van der Waals surface area contributed by atoms with Crippen molar-refractivity contribution in [2.75, 3.05) is 31.6 Å². The van der Waals surface area contributed by atoms with Gasteiger partial charge in [-0.1, -0.05) is 32.3 Å². The molecular formula is C13H24N4O3. The highest BCUT2D eigenvalue weighted by Crippen LogP contribution is 2.14. The summed E-state index contributed by atoms with van der Waals surface area (Å²) in [4.78, 5) is 13.8. The van der Waals surface area contributed by atoms with Gasteiger partial charge >= 0.3 is 6.01 Å². The van der Waals surface area contributed by atoms with Crippen molar-refractivity contribution in [1.82, 2.24) is 15.1 Å². The van der Waals surface area contributed by atoms with Crippen LogP contribution in [0.3, 0.4) is 0 Å². The number of amides is 1. The van der Waals surface area contributed by atoms with Gasteiger partial charge in [-0.15, -0.1) is 5.10 Å². The van der Waals surface area contributed by atoms with Crippen molar-refractivity contribution >= 4 is 11.9 Å². The minimum absolute atomic E-state index is 0.0368. The monoisotopic (exact) mass is 284 g/mol. The smallest absolute Gasteiger partial charge is 0.322 e. The Bertz CT molecular complexity index is 406. The zero-order valence-electron chi connectivity index (χ0n) is 12.4. The van der Waals surface area contributed by atoms with Crippen molar-refractivity contribution < 1.29 is 14.3 Å². The molecule has 1 heterocycles. The standard InChI is InChI=1S/C13H24N4O3/c1-4-5-6-17(7-8-18)9-11(19)14-13-16-15-12(20-13)10(2)3/h10,18H,4-9H2,1-3H3,(H,14,16,19). The van der Waals surface area contributed by atoms with Crippen molar-refractivity contribution in [1.29, 1.82) is 0 Å². The van der Waals surface area contributed by atoms with Gasteiger partial charge in [0, 0.05) is 12.5 Å². The van der Waals surface area contributed by atoms with Crippen LogP contribution in [-0.4, -0.2) is 52.4 Å². The van der Waals surface area contributed by atoms with Crippen molar-refractivity contribution in [2.24, 2.45) is 0 Å². The summed E-state index contributed by atoms with van der Waals surface area (Å²) in [5, 5.41) is 19.2. The summed E-state index contributed by atoms with van der Waals surface area (Å²) in [6.45, 7) is 7.47. The van der Waals surface area contributed by atoms with Crippen LogP contribution in [0.15, 0.2) is 4.42 Å². The van der Waals surface area contributed by atoms with Crippen LogP contribution in [0.1, 0.15) is 45.4 Å². The summed E-state index contributed by atoms with van der Waals surface area (Å²) in [7, 11) is 0. The molecule has 0 aromatic carbocycles. The molecule has 7 nitrogen and oxygen atoms in total. The highest BCUT2D eigenvalue weighted by atomic mass is 16.4. The Morgan fingerprint density at radius 3 is 2.70 bits per heavy atom. The lowest BCUT2D eigenvalue weighted by molar-refractivity contribution is -0.117. The second-order valence-corrected chi connectivity index (χ2v) is 5.00. The molecule has 1 aromatic heterocycles. The summed E-state index contributed by atoms with van der Waals surface area (Å²) in [6, 6.07) is 0.123. The fourth-order valence-electron chi connectivity index (χ4n) is 1.67. The molecule has 0 atom stereocenters. The number of rotatable bonds is 9. The lowest BCUT2D eigenvalue weighted by Crippen LogP contribution is -2.36. The molecule has 1 rings (SSSR count). The summed E-state index contributed by atoms with van der Waals surface area (Å²) in [6.07, 6.45) is 2.04. The van der Waals surface area contributed by atoms with Crippen LogP contribution >= 0.6 is 0 Å². The third-order valence-electron chi connectivity index (χ3n) is 2.79. The first-order valence-electron chi connectivity index (χ1n) is 7.03. The zero-order valence-corrected chi connectivity index (χ0v) is 12.4. The highest BCUT2D eigenvalue weighted by Gasteiger charge is 2.14. The molecule has 0 bridgehead atoms. The van der Waals surface area contributed by atoms with Gasteiger partial charge in [0.15, 0.2) is 0 Å². The number of unbranched alkanes of at least 4 members (excludes halogenated alkanes) is 1. The summed E-state index contributed by atoms with van der Waals surface area (Å²) in [5.41, 5.74) is 0. The average Bonchev–Trinajstić information content (AvgIpc) is 2.84. The zero-order chi connectivity index (χ0) is 15.0. The van der Waals surface area contributed by atoms with Crippen LogP contribution in [0.4, 0.5) is 6.01 Å². The van der Waals surface area contributed by atoms with E-state index in [-0.39, 0.29) is 31.0 Å². The molecule has 0 radical (unpaired) electrons. The number of aliphatic hydroxyl groups excluding tert-OH is 1. The van der Waals surface area contributed by atoms with E-state index >= 15 is 0 Å². The number of carbonyl (C=O) groups is 1. The number of nitrogens with one attached hydrogen (secondary N) is 1. The summed E-state index contributed by atoms with van der Waals surface area (Å²) < 4.78 is 5.32. The number of aromatic nitrogens is 2. The largest absolute Gasteiger partial charge is 0.408 e. The van der Waals surface area contributed by atoms with Gasteiger partial charge in [-0.2, -0.15) is 0 Å². The molecule has 0 fully saturated rings. The third kappa shape index (κ3) is 5.66. The Morgan fingerprint density at radius 2 is 2.15 bits per heavy atom. The van der Waals surface area contributed by atoms with Crippen LogP contribution in [0.25, 0.3) is 0 Å². The minimum atomic E-state index is -0.214. The van der Waals surface area contributed by atoms with E-state index in [0.717, 1.165) is 19.4 Å². The maximum Gasteiger partial charge on any atom is 0.322 e. The van der Waals surface area contributed by atoms with E-state index in [0.29, 0.717) is 12.4 Å². The highest BCUT2D eigenvalue weighted by molar-refractivity contribution is 5.90. The van der Waals surface area contributed by atoms with E-state index in [9.17, 15) is 4.79 Å². The van der Waals surface area contributed by atoms with Crippen LogP contribution in [0, 0.1) is 0 Å². The molecule has 1 amide bonds. The molecule has 1 aromatic rings. The number of nitrogens with zero attached hydrogens (tertiary/aromatic N) is 3. The average molecular weight is 284 g/mol. The van der Waals surface area contributed by atoms with Gasteiger partial charge < -0.3 is 9.52 Å².